The maximum Gasteiger partial charge on any atom is 0.305 e. The number of carboxylic acids is 1. The fourth-order valence-corrected chi connectivity index (χ4v) is 4.92. The van der Waals surface area contributed by atoms with Crippen molar-refractivity contribution in [3.8, 4) is 17.2 Å². The number of fused-ring (bicyclic) bond motifs is 1. The van der Waals surface area contributed by atoms with Gasteiger partial charge in [-0.2, -0.15) is 0 Å². The van der Waals surface area contributed by atoms with E-state index >= 15 is 0 Å². The van der Waals surface area contributed by atoms with Crippen molar-refractivity contribution in [1.29, 1.82) is 0 Å². The van der Waals surface area contributed by atoms with Gasteiger partial charge in [0.2, 0.25) is 11.8 Å². The first kappa shape index (κ1) is 35.1. The summed E-state index contributed by atoms with van der Waals surface area (Å²) in [6, 6.07) is 7.11. The number of nitrogens with one attached hydrogen (secondary N) is 2. The van der Waals surface area contributed by atoms with Crippen LogP contribution in [0.5, 0.6) is 17.2 Å². The molecule has 2 amide bonds. The summed E-state index contributed by atoms with van der Waals surface area (Å²) in [4.78, 5) is 52.6. The molecule has 11 nitrogen and oxygen atoms in total. The van der Waals surface area contributed by atoms with E-state index in [1.165, 1.54) is 7.11 Å². The molecule has 0 fully saturated rings. The molecule has 2 unspecified atom stereocenters. The monoisotopic (exact) mass is 599 g/mol. The molecular weight excluding hydrogens is 554 g/mol. The molecule has 1 aliphatic rings. The van der Waals surface area contributed by atoms with Crippen LogP contribution in [0.15, 0.2) is 30.3 Å². The van der Waals surface area contributed by atoms with E-state index in [4.69, 9.17) is 14.2 Å². The number of hydrogen-bond acceptors (Lipinski definition) is 8. The lowest BCUT2D eigenvalue weighted by Crippen LogP contribution is -2.53. The van der Waals surface area contributed by atoms with Crippen molar-refractivity contribution < 1.29 is 38.5 Å². The number of hydrogen-bond donors (Lipinski definition) is 3. The van der Waals surface area contributed by atoms with Gasteiger partial charge >= 0.3 is 5.97 Å². The maximum atomic E-state index is 13.2. The van der Waals surface area contributed by atoms with Gasteiger partial charge in [0.25, 0.3) is 0 Å². The minimum Gasteiger partial charge on any atom is -0.496 e. The number of amides is 2. The van der Waals surface area contributed by atoms with Gasteiger partial charge < -0.3 is 30.0 Å². The molecule has 0 saturated carbocycles. The predicted molar refractivity (Wildman–Crippen MR) is 163 cm³/mol. The van der Waals surface area contributed by atoms with Crippen LogP contribution in [0.2, 0.25) is 0 Å². The molecule has 2 aromatic carbocycles. The first-order valence-electron chi connectivity index (χ1n) is 14.5. The number of carbonyl (C=O) groups excluding carboxylic acids is 3. The van der Waals surface area contributed by atoms with E-state index < -0.39 is 42.1 Å². The van der Waals surface area contributed by atoms with Crippen molar-refractivity contribution in [2.75, 3.05) is 34.4 Å². The molecule has 2 aromatic rings. The van der Waals surface area contributed by atoms with Crippen LogP contribution in [0.1, 0.15) is 55.9 Å². The standard InChI is InChI=1S/C30H39N3O8.C2H6/c1-6-22(31-28(35)14-20-11-18(2)7-8-25(20)39-3)30(38)32-23(15-29(36)37)24(34)17-33-10-9-19-12-26(40-4)27(41-5)13-21(19)16-33;1-2/h7-8,11-13,22-23H,6,9-10,14-17H2,1-5H3,(H,31,35)(H,32,38)(H,36,37);1-2H3. The summed E-state index contributed by atoms with van der Waals surface area (Å²) < 4.78 is 16.1. The number of aryl methyl sites for hydroxylation is 1. The van der Waals surface area contributed by atoms with Gasteiger partial charge in [0, 0.05) is 18.7 Å². The number of carbonyl (C=O) groups is 4. The van der Waals surface area contributed by atoms with E-state index in [2.05, 4.69) is 10.6 Å². The van der Waals surface area contributed by atoms with E-state index in [1.54, 1.807) is 27.2 Å². The van der Waals surface area contributed by atoms with Gasteiger partial charge in [-0.15, -0.1) is 0 Å². The Bertz CT molecular complexity index is 1280. The van der Waals surface area contributed by atoms with Gasteiger partial charge in [-0.3, -0.25) is 24.1 Å². The third-order valence-corrected chi connectivity index (χ3v) is 7.11. The molecule has 236 valence electrons. The highest BCUT2D eigenvalue weighted by Gasteiger charge is 2.30. The second-order valence-corrected chi connectivity index (χ2v) is 10.1. The molecular formula is C32H45N3O8. The van der Waals surface area contributed by atoms with Gasteiger partial charge in [0.1, 0.15) is 11.8 Å². The number of aliphatic carboxylic acids is 1. The molecule has 3 rings (SSSR count). The van der Waals surface area contributed by atoms with Gasteiger partial charge in [-0.05, 0) is 49.1 Å². The average Bonchev–Trinajstić information content (AvgIpc) is 2.99. The zero-order chi connectivity index (χ0) is 32.1. The van der Waals surface area contributed by atoms with E-state index in [-0.39, 0.29) is 19.4 Å². The summed E-state index contributed by atoms with van der Waals surface area (Å²) >= 11 is 0. The Balaban J connectivity index is 0.00000316. The lowest BCUT2D eigenvalue weighted by atomic mass is 9.98. The fraction of sp³-hybridized carbons (Fsp3) is 0.500. The van der Waals surface area contributed by atoms with Crippen molar-refractivity contribution in [2.24, 2.45) is 0 Å². The SMILES string of the molecule is CC.CCC(NC(=O)Cc1cc(C)ccc1OC)C(=O)NC(CC(=O)O)C(=O)CN1CCc2cc(OC)c(OC)cc2C1. The summed E-state index contributed by atoms with van der Waals surface area (Å²) in [5.41, 5.74) is 3.72. The van der Waals surface area contributed by atoms with E-state index in [9.17, 15) is 24.3 Å². The Morgan fingerprint density at radius 1 is 0.907 bits per heavy atom. The van der Waals surface area contributed by atoms with Crippen LogP contribution >= 0.6 is 0 Å². The number of benzene rings is 2. The smallest absolute Gasteiger partial charge is 0.305 e. The summed E-state index contributed by atoms with van der Waals surface area (Å²) in [5, 5.41) is 14.7. The topological polar surface area (TPSA) is 144 Å². The zero-order valence-electron chi connectivity index (χ0n) is 26.2. The fourth-order valence-electron chi connectivity index (χ4n) is 4.92. The molecule has 0 aliphatic carbocycles. The molecule has 0 bridgehead atoms. The minimum absolute atomic E-state index is 0.000781. The number of ketones is 1. The molecule has 2 atom stereocenters. The minimum atomic E-state index is -1.24. The third-order valence-electron chi connectivity index (χ3n) is 7.11. The highest BCUT2D eigenvalue weighted by molar-refractivity contribution is 5.95. The highest BCUT2D eigenvalue weighted by atomic mass is 16.5. The average molecular weight is 600 g/mol. The number of Topliss-reactive ketones (excluding diaryl/α,β-unsaturated/α-hetero) is 1. The van der Waals surface area contributed by atoms with Crippen molar-refractivity contribution in [3.63, 3.8) is 0 Å². The Morgan fingerprint density at radius 3 is 2.12 bits per heavy atom. The molecule has 1 heterocycles. The third kappa shape index (κ3) is 9.99. The Hall–Kier alpha value is -4.12. The van der Waals surface area contributed by atoms with Crippen LogP contribution in [-0.2, 0) is 38.6 Å². The number of ether oxygens (including phenoxy) is 3. The molecule has 0 radical (unpaired) electrons. The normalized spacial score (nSPS) is 13.7. The van der Waals surface area contributed by atoms with Gasteiger partial charge in [0.05, 0.1) is 46.8 Å². The summed E-state index contributed by atoms with van der Waals surface area (Å²) in [5.74, 6) is -0.857. The molecule has 43 heavy (non-hydrogen) atoms. The van der Waals surface area contributed by atoms with Gasteiger partial charge in [-0.1, -0.05) is 38.5 Å². The maximum absolute atomic E-state index is 13.2. The Kier molecular flexibility index (Phi) is 14.0. The lowest BCUT2D eigenvalue weighted by Gasteiger charge is -2.30. The van der Waals surface area contributed by atoms with Crippen LogP contribution in [0.25, 0.3) is 0 Å². The van der Waals surface area contributed by atoms with Crippen molar-refractivity contribution >= 4 is 23.6 Å². The molecule has 0 aromatic heterocycles. The first-order valence-corrected chi connectivity index (χ1v) is 14.5. The Labute approximate surface area is 253 Å². The van der Waals surface area contributed by atoms with E-state index in [0.29, 0.717) is 42.3 Å². The van der Waals surface area contributed by atoms with Crippen LogP contribution in [0.3, 0.4) is 0 Å². The number of nitrogens with zero attached hydrogens (tertiary/aromatic N) is 1. The second-order valence-electron chi connectivity index (χ2n) is 10.1. The molecule has 0 spiro atoms. The summed E-state index contributed by atoms with van der Waals surface area (Å²) in [6.45, 7) is 8.63. The van der Waals surface area contributed by atoms with E-state index in [0.717, 1.165) is 16.7 Å². The summed E-state index contributed by atoms with van der Waals surface area (Å²) in [6.07, 6.45) is 0.364. The van der Waals surface area contributed by atoms with Crippen LogP contribution < -0.4 is 24.8 Å². The number of rotatable bonds is 14. The highest BCUT2D eigenvalue weighted by Crippen LogP contribution is 2.33. The summed E-state index contributed by atoms with van der Waals surface area (Å²) in [7, 11) is 4.65. The predicted octanol–water partition coefficient (Wildman–Crippen LogP) is 3.07. The van der Waals surface area contributed by atoms with Crippen LogP contribution in [0, 0.1) is 6.92 Å². The molecule has 0 saturated heterocycles. The zero-order valence-corrected chi connectivity index (χ0v) is 26.2. The number of carboxylic acid groups (broad SMARTS) is 1. The first-order chi connectivity index (χ1) is 20.6. The quantitative estimate of drug-likeness (QED) is 0.299. The Morgan fingerprint density at radius 2 is 1.53 bits per heavy atom. The molecule has 11 heteroatoms. The largest absolute Gasteiger partial charge is 0.496 e. The second kappa shape index (κ2) is 17.1. The lowest BCUT2D eigenvalue weighted by molar-refractivity contribution is -0.141. The number of methoxy groups -OCH3 is 3. The van der Waals surface area contributed by atoms with Gasteiger partial charge in [0.15, 0.2) is 17.3 Å². The van der Waals surface area contributed by atoms with Crippen molar-refractivity contribution in [3.05, 3.63) is 52.6 Å². The van der Waals surface area contributed by atoms with Gasteiger partial charge in [-0.25, -0.2) is 0 Å². The van der Waals surface area contributed by atoms with Crippen molar-refractivity contribution in [1.82, 2.24) is 15.5 Å². The van der Waals surface area contributed by atoms with Crippen molar-refractivity contribution in [2.45, 2.75) is 72.0 Å². The van der Waals surface area contributed by atoms with Crippen LogP contribution in [-0.4, -0.2) is 80.1 Å². The molecule has 3 N–H and O–H groups in total. The van der Waals surface area contributed by atoms with Crippen LogP contribution in [0.4, 0.5) is 0 Å². The van der Waals surface area contributed by atoms with E-state index in [1.807, 2.05) is 49.9 Å². The molecule has 1 aliphatic heterocycles.